The molecule has 3 N–H and O–H groups in total. The van der Waals surface area contributed by atoms with E-state index < -0.39 is 29.8 Å². The van der Waals surface area contributed by atoms with E-state index in [2.05, 4.69) is 16.0 Å². The average molecular weight is 477 g/mol. The Bertz CT molecular complexity index is 1020. The number of hydrogen-bond donors (Lipinski definition) is 3. The van der Waals surface area contributed by atoms with Gasteiger partial charge in [0.2, 0.25) is 11.8 Å². The van der Waals surface area contributed by atoms with Crippen molar-refractivity contribution in [1.82, 2.24) is 15.5 Å². The lowest BCUT2D eigenvalue weighted by Crippen LogP contribution is -2.55. The molecule has 0 fully saturated rings. The van der Waals surface area contributed by atoms with Gasteiger partial charge in [-0.3, -0.25) is 14.4 Å². The number of para-hydroxylation sites is 1. The molecule has 0 aliphatic carbocycles. The molecule has 1 heterocycles. The normalized spacial score (nSPS) is 16.4. The van der Waals surface area contributed by atoms with Gasteiger partial charge >= 0.3 is 0 Å². The van der Waals surface area contributed by atoms with Crippen molar-refractivity contribution in [3.8, 4) is 0 Å². The minimum Gasteiger partial charge on any atom is -0.343 e. The number of nitrogens with zero attached hydrogens (tertiary/aromatic N) is 1. The van der Waals surface area contributed by atoms with E-state index in [1.807, 2.05) is 26.0 Å². The zero-order valence-electron chi connectivity index (χ0n) is 19.1. The van der Waals surface area contributed by atoms with E-state index in [1.165, 1.54) is 23.1 Å². The first-order valence-electron chi connectivity index (χ1n) is 10.7. The van der Waals surface area contributed by atoms with Crippen molar-refractivity contribution >= 4 is 35.8 Å². The summed E-state index contributed by atoms with van der Waals surface area (Å²) in [7, 11) is 1.66. The molecule has 3 atom stereocenters. The van der Waals surface area contributed by atoms with E-state index in [9.17, 15) is 18.8 Å². The van der Waals surface area contributed by atoms with Crippen LogP contribution < -0.4 is 16.0 Å². The maximum absolute atomic E-state index is 14.1. The van der Waals surface area contributed by atoms with Crippen molar-refractivity contribution < 1.29 is 18.8 Å². The van der Waals surface area contributed by atoms with E-state index in [1.54, 1.807) is 32.2 Å². The molecule has 0 saturated heterocycles. The zero-order chi connectivity index (χ0) is 23.4. The fraction of sp³-hybridized carbons (Fsp3) is 0.375. The van der Waals surface area contributed by atoms with Gasteiger partial charge in [-0.25, -0.2) is 4.39 Å². The average Bonchev–Trinajstić information content (AvgIpc) is 3.17. The van der Waals surface area contributed by atoms with Crippen LogP contribution in [0.25, 0.3) is 0 Å². The van der Waals surface area contributed by atoms with Crippen molar-refractivity contribution in [2.24, 2.45) is 5.92 Å². The van der Waals surface area contributed by atoms with Gasteiger partial charge in [-0.1, -0.05) is 50.2 Å². The summed E-state index contributed by atoms with van der Waals surface area (Å²) < 4.78 is 14.1. The van der Waals surface area contributed by atoms with Crippen molar-refractivity contribution in [3.05, 3.63) is 65.5 Å². The SMILES string of the molecule is CN[C@@H](C)C(=O)N[C@H](C(=O)N1Cc2ccccc2[C@H]1C(=O)Nc1ccccc1F)C(C)C.Cl. The number of amides is 3. The molecule has 7 nitrogen and oxygen atoms in total. The summed E-state index contributed by atoms with van der Waals surface area (Å²) in [5.74, 6) is -1.93. The monoisotopic (exact) mass is 476 g/mol. The Balaban J connectivity index is 0.00000385. The summed E-state index contributed by atoms with van der Waals surface area (Å²) in [6.45, 7) is 5.60. The first kappa shape index (κ1) is 26.3. The molecule has 33 heavy (non-hydrogen) atoms. The Kier molecular flexibility index (Phi) is 8.96. The van der Waals surface area contributed by atoms with Crippen LogP contribution in [0.3, 0.4) is 0 Å². The van der Waals surface area contributed by atoms with E-state index in [0.717, 1.165) is 5.56 Å². The smallest absolute Gasteiger partial charge is 0.251 e. The zero-order valence-corrected chi connectivity index (χ0v) is 19.9. The maximum Gasteiger partial charge on any atom is 0.251 e. The number of nitrogens with one attached hydrogen (secondary N) is 3. The molecule has 178 valence electrons. The number of fused-ring (bicyclic) bond motifs is 1. The highest BCUT2D eigenvalue weighted by molar-refractivity contribution is 6.00. The number of hydrogen-bond acceptors (Lipinski definition) is 4. The molecule has 2 aromatic rings. The Hall–Kier alpha value is -2.97. The number of anilines is 1. The molecule has 0 saturated carbocycles. The van der Waals surface area contributed by atoms with Crippen LogP contribution >= 0.6 is 12.4 Å². The molecule has 0 radical (unpaired) electrons. The van der Waals surface area contributed by atoms with Crippen LogP contribution in [0.4, 0.5) is 10.1 Å². The molecule has 1 aliphatic heterocycles. The van der Waals surface area contributed by atoms with Gasteiger partial charge in [0.05, 0.1) is 11.7 Å². The number of carbonyl (C=O) groups is 3. The third-order valence-electron chi connectivity index (χ3n) is 5.72. The van der Waals surface area contributed by atoms with Crippen molar-refractivity contribution in [2.45, 2.75) is 45.4 Å². The predicted molar refractivity (Wildman–Crippen MR) is 127 cm³/mol. The summed E-state index contributed by atoms with van der Waals surface area (Å²) in [6, 6.07) is 11.0. The Morgan fingerprint density at radius 2 is 1.67 bits per heavy atom. The first-order valence-corrected chi connectivity index (χ1v) is 10.7. The molecule has 2 aromatic carbocycles. The predicted octanol–water partition coefficient (Wildman–Crippen LogP) is 3.02. The first-order chi connectivity index (χ1) is 15.2. The molecule has 0 aromatic heterocycles. The fourth-order valence-corrected chi connectivity index (χ4v) is 3.74. The molecule has 0 bridgehead atoms. The highest BCUT2D eigenvalue weighted by Gasteiger charge is 2.42. The van der Waals surface area contributed by atoms with Gasteiger partial charge in [-0.05, 0) is 43.1 Å². The lowest BCUT2D eigenvalue weighted by atomic mass is 10.0. The topological polar surface area (TPSA) is 90.5 Å². The van der Waals surface area contributed by atoms with Gasteiger partial charge in [0.15, 0.2) is 0 Å². The lowest BCUT2D eigenvalue weighted by Gasteiger charge is -2.31. The molecular weight excluding hydrogens is 447 g/mol. The van der Waals surface area contributed by atoms with Crippen molar-refractivity contribution in [1.29, 1.82) is 0 Å². The minimum absolute atomic E-state index is 0. The molecule has 9 heteroatoms. The number of carbonyl (C=O) groups excluding carboxylic acids is 3. The van der Waals surface area contributed by atoms with Gasteiger partial charge in [-0.2, -0.15) is 0 Å². The highest BCUT2D eigenvalue weighted by Crippen LogP contribution is 2.35. The molecule has 0 unspecified atom stereocenters. The lowest BCUT2D eigenvalue weighted by molar-refractivity contribution is -0.143. The van der Waals surface area contributed by atoms with Crippen LogP contribution in [0.1, 0.15) is 37.9 Å². The van der Waals surface area contributed by atoms with Crippen molar-refractivity contribution in [2.75, 3.05) is 12.4 Å². The van der Waals surface area contributed by atoms with Gasteiger partial charge in [0.25, 0.3) is 5.91 Å². The van der Waals surface area contributed by atoms with Crippen molar-refractivity contribution in [3.63, 3.8) is 0 Å². The van der Waals surface area contributed by atoms with E-state index in [0.29, 0.717) is 5.56 Å². The number of likely N-dealkylation sites (N-methyl/N-ethyl adjacent to an activating group) is 1. The third kappa shape index (κ3) is 5.69. The highest BCUT2D eigenvalue weighted by atomic mass is 35.5. The number of halogens is 2. The van der Waals surface area contributed by atoms with E-state index >= 15 is 0 Å². The Morgan fingerprint density at radius 3 is 2.30 bits per heavy atom. The van der Waals surface area contributed by atoms with Crippen LogP contribution in [-0.2, 0) is 20.9 Å². The molecule has 3 rings (SSSR count). The van der Waals surface area contributed by atoms with Crippen LogP contribution in [0, 0.1) is 11.7 Å². The second-order valence-corrected chi connectivity index (χ2v) is 8.28. The van der Waals surface area contributed by atoms with Gasteiger partial charge in [0.1, 0.15) is 17.9 Å². The fourth-order valence-electron chi connectivity index (χ4n) is 3.74. The van der Waals surface area contributed by atoms with E-state index in [4.69, 9.17) is 0 Å². The summed E-state index contributed by atoms with van der Waals surface area (Å²) in [5.41, 5.74) is 1.57. The van der Waals surface area contributed by atoms with Gasteiger partial charge in [0, 0.05) is 6.54 Å². The standard InChI is InChI=1S/C24H29FN4O3.ClH/c1-14(2)20(28-22(30)15(3)26-4)24(32)29-13-16-9-5-6-10-17(16)21(29)23(31)27-19-12-8-7-11-18(19)25;/h5-12,14-15,20-21,26H,13H2,1-4H3,(H,27,31)(H,28,30);1H/t15-,20-,21-;/m0./s1. The summed E-state index contributed by atoms with van der Waals surface area (Å²) in [6.07, 6.45) is 0. The third-order valence-corrected chi connectivity index (χ3v) is 5.72. The molecule has 1 aliphatic rings. The molecular formula is C24H30ClFN4O3. The summed E-state index contributed by atoms with van der Waals surface area (Å²) in [4.78, 5) is 40.7. The van der Waals surface area contributed by atoms with Crippen LogP contribution in [0.15, 0.2) is 48.5 Å². The summed E-state index contributed by atoms with van der Waals surface area (Å²) >= 11 is 0. The molecule has 3 amide bonds. The Morgan fingerprint density at radius 1 is 1.03 bits per heavy atom. The molecule has 0 spiro atoms. The minimum atomic E-state index is -0.932. The number of benzene rings is 2. The van der Waals surface area contributed by atoms with Crippen LogP contribution in [-0.4, -0.2) is 41.8 Å². The van der Waals surface area contributed by atoms with Gasteiger partial charge in [-0.15, -0.1) is 12.4 Å². The van der Waals surface area contributed by atoms with E-state index in [-0.39, 0.29) is 42.4 Å². The largest absolute Gasteiger partial charge is 0.343 e. The second-order valence-electron chi connectivity index (χ2n) is 8.28. The maximum atomic E-state index is 14.1. The van der Waals surface area contributed by atoms with Crippen LogP contribution in [0.2, 0.25) is 0 Å². The number of rotatable bonds is 7. The van der Waals surface area contributed by atoms with Gasteiger partial charge < -0.3 is 20.9 Å². The Labute approximate surface area is 199 Å². The second kappa shape index (κ2) is 11.2. The summed E-state index contributed by atoms with van der Waals surface area (Å²) in [5, 5.41) is 8.27. The quantitative estimate of drug-likeness (QED) is 0.573. The van der Waals surface area contributed by atoms with Crippen LogP contribution in [0.5, 0.6) is 0 Å².